The molecule has 0 radical (unpaired) electrons. The molecule has 2 rings (SSSR count). The molecule has 0 bridgehead atoms. The number of esters is 1. The fourth-order valence-corrected chi connectivity index (χ4v) is 3.81. The maximum atomic E-state index is 12.3. The van der Waals surface area contributed by atoms with Crippen LogP contribution in [0.25, 0.3) is 0 Å². The van der Waals surface area contributed by atoms with E-state index in [9.17, 15) is 14.4 Å². The van der Waals surface area contributed by atoms with E-state index in [-0.39, 0.29) is 24.0 Å². The second-order valence-corrected chi connectivity index (χ2v) is 9.66. The molecular formula is C23H29NO4S. The van der Waals surface area contributed by atoms with Gasteiger partial charge in [0.2, 0.25) is 0 Å². The molecule has 1 aromatic heterocycles. The number of aryl methyl sites for hydroxylation is 2. The third kappa shape index (κ3) is 6.53. The molecule has 0 saturated heterocycles. The molecule has 29 heavy (non-hydrogen) atoms. The Morgan fingerprint density at radius 2 is 1.69 bits per heavy atom. The first-order valence-corrected chi connectivity index (χ1v) is 10.5. The predicted octanol–water partition coefficient (Wildman–Crippen LogP) is 5.20. The zero-order valence-electron chi connectivity index (χ0n) is 17.9. The standard InChI is InChI=1S/C23H29NO4S/c1-14-13-19(16(3)29-14)20(25)11-12-21(26)28-15(2)22(27)24-18-9-7-17(8-10-18)23(4,5)6/h7-10,13,15H,11-12H2,1-6H3,(H,24,27). The van der Waals surface area contributed by atoms with Gasteiger partial charge in [0.1, 0.15) is 0 Å². The van der Waals surface area contributed by atoms with Gasteiger partial charge in [-0.2, -0.15) is 0 Å². The van der Waals surface area contributed by atoms with E-state index in [4.69, 9.17) is 4.74 Å². The van der Waals surface area contributed by atoms with E-state index in [2.05, 4.69) is 26.1 Å². The van der Waals surface area contributed by atoms with Crippen molar-refractivity contribution >= 4 is 34.7 Å². The first-order chi connectivity index (χ1) is 13.5. The lowest BCUT2D eigenvalue weighted by Crippen LogP contribution is -2.30. The number of ketones is 1. The Morgan fingerprint density at radius 3 is 2.21 bits per heavy atom. The number of anilines is 1. The summed E-state index contributed by atoms with van der Waals surface area (Å²) in [6.45, 7) is 11.7. The molecule has 1 N–H and O–H groups in total. The van der Waals surface area contributed by atoms with Crippen molar-refractivity contribution < 1.29 is 19.1 Å². The Bertz CT molecular complexity index is 891. The van der Waals surface area contributed by atoms with E-state index < -0.39 is 18.0 Å². The monoisotopic (exact) mass is 415 g/mol. The normalized spacial score (nSPS) is 12.3. The van der Waals surface area contributed by atoms with Crippen molar-refractivity contribution in [3.8, 4) is 0 Å². The van der Waals surface area contributed by atoms with Crippen molar-refractivity contribution in [1.82, 2.24) is 0 Å². The predicted molar refractivity (Wildman–Crippen MR) is 117 cm³/mol. The van der Waals surface area contributed by atoms with Gasteiger partial charge in [-0.1, -0.05) is 32.9 Å². The summed E-state index contributed by atoms with van der Waals surface area (Å²) in [5, 5.41) is 2.74. The summed E-state index contributed by atoms with van der Waals surface area (Å²) >= 11 is 1.56. The van der Waals surface area contributed by atoms with Gasteiger partial charge < -0.3 is 10.1 Å². The molecule has 0 fully saturated rings. The minimum absolute atomic E-state index is 0.0308. The molecule has 0 aliphatic heterocycles. The molecule has 0 aliphatic carbocycles. The topological polar surface area (TPSA) is 72.5 Å². The number of thiophene rings is 1. The Kier molecular flexibility index (Phi) is 7.36. The molecule has 1 amide bonds. The SMILES string of the molecule is Cc1cc(C(=O)CCC(=O)OC(C)C(=O)Nc2ccc(C(C)(C)C)cc2)c(C)s1. The zero-order valence-corrected chi connectivity index (χ0v) is 18.7. The number of hydrogen-bond donors (Lipinski definition) is 1. The van der Waals surface area contributed by atoms with Crippen LogP contribution in [0.4, 0.5) is 5.69 Å². The van der Waals surface area contributed by atoms with Gasteiger partial charge in [0.15, 0.2) is 11.9 Å². The van der Waals surface area contributed by atoms with Crippen LogP contribution in [-0.2, 0) is 19.7 Å². The van der Waals surface area contributed by atoms with Crippen molar-refractivity contribution in [2.75, 3.05) is 5.32 Å². The van der Waals surface area contributed by atoms with Crippen molar-refractivity contribution in [2.45, 2.75) is 65.9 Å². The van der Waals surface area contributed by atoms with Gasteiger partial charge in [-0.05, 0) is 49.9 Å². The average Bonchev–Trinajstić information content (AvgIpc) is 2.97. The van der Waals surface area contributed by atoms with Crippen LogP contribution in [0, 0.1) is 13.8 Å². The lowest BCUT2D eigenvalue weighted by atomic mass is 9.87. The minimum Gasteiger partial charge on any atom is -0.453 e. The summed E-state index contributed by atoms with van der Waals surface area (Å²) in [6, 6.07) is 9.43. The van der Waals surface area contributed by atoms with Gasteiger partial charge in [-0.25, -0.2) is 0 Å². The number of Topliss-reactive ketones (excluding diaryl/α,β-unsaturated/α-hetero) is 1. The number of rotatable bonds is 7. The van der Waals surface area contributed by atoms with Gasteiger partial charge in [0.05, 0.1) is 6.42 Å². The van der Waals surface area contributed by atoms with Gasteiger partial charge in [0, 0.05) is 27.4 Å². The Labute approximate surface area is 176 Å². The number of nitrogens with one attached hydrogen (secondary N) is 1. The molecule has 5 nitrogen and oxygen atoms in total. The third-order valence-corrected chi connectivity index (χ3v) is 5.56. The van der Waals surface area contributed by atoms with Crippen LogP contribution in [0.1, 0.15) is 66.2 Å². The first kappa shape index (κ1) is 22.8. The number of carbonyl (C=O) groups is 3. The summed E-state index contributed by atoms with van der Waals surface area (Å²) in [4.78, 5) is 38.6. The molecule has 0 spiro atoms. The second-order valence-electron chi connectivity index (χ2n) is 8.20. The molecule has 1 heterocycles. The largest absolute Gasteiger partial charge is 0.453 e. The van der Waals surface area contributed by atoms with Crippen molar-refractivity contribution in [2.24, 2.45) is 0 Å². The zero-order chi connectivity index (χ0) is 21.8. The van der Waals surface area contributed by atoms with Crippen LogP contribution in [0.2, 0.25) is 0 Å². The van der Waals surface area contributed by atoms with E-state index in [1.807, 2.05) is 44.2 Å². The van der Waals surface area contributed by atoms with Crippen LogP contribution < -0.4 is 5.32 Å². The van der Waals surface area contributed by atoms with E-state index in [1.165, 1.54) is 6.92 Å². The molecule has 1 unspecified atom stereocenters. The quantitative estimate of drug-likeness (QED) is 0.498. The van der Waals surface area contributed by atoms with E-state index >= 15 is 0 Å². The smallest absolute Gasteiger partial charge is 0.307 e. The molecule has 1 atom stereocenters. The molecule has 1 aromatic carbocycles. The van der Waals surface area contributed by atoms with Crippen molar-refractivity contribution in [3.05, 3.63) is 51.2 Å². The molecule has 156 valence electrons. The maximum absolute atomic E-state index is 12.3. The highest BCUT2D eigenvalue weighted by Gasteiger charge is 2.20. The lowest BCUT2D eigenvalue weighted by molar-refractivity contribution is -0.153. The van der Waals surface area contributed by atoms with Crippen LogP contribution in [-0.4, -0.2) is 23.8 Å². The lowest BCUT2D eigenvalue weighted by Gasteiger charge is -2.19. The van der Waals surface area contributed by atoms with Gasteiger partial charge >= 0.3 is 5.97 Å². The van der Waals surface area contributed by atoms with Crippen LogP contribution in [0.15, 0.2) is 30.3 Å². The average molecular weight is 416 g/mol. The van der Waals surface area contributed by atoms with Crippen LogP contribution in [0.5, 0.6) is 0 Å². The number of amides is 1. The fraction of sp³-hybridized carbons (Fsp3) is 0.435. The number of ether oxygens (including phenoxy) is 1. The van der Waals surface area contributed by atoms with Crippen LogP contribution >= 0.6 is 11.3 Å². The summed E-state index contributed by atoms with van der Waals surface area (Å²) in [7, 11) is 0. The van der Waals surface area contributed by atoms with E-state index in [0.717, 1.165) is 15.3 Å². The molecule has 6 heteroatoms. The number of hydrogen-bond acceptors (Lipinski definition) is 5. The molecular weight excluding hydrogens is 386 g/mol. The van der Waals surface area contributed by atoms with E-state index in [1.54, 1.807) is 11.3 Å². The number of carbonyl (C=O) groups excluding carboxylic acids is 3. The van der Waals surface area contributed by atoms with Crippen molar-refractivity contribution in [1.29, 1.82) is 0 Å². The van der Waals surface area contributed by atoms with E-state index in [0.29, 0.717) is 11.3 Å². The van der Waals surface area contributed by atoms with Gasteiger partial charge in [0.25, 0.3) is 5.91 Å². The number of benzene rings is 1. The van der Waals surface area contributed by atoms with Crippen molar-refractivity contribution in [3.63, 3.8) is 0 Å². The summed E-state index contributed by atoms with van der Waals surface area (Å²) in [6.07, 6.45) is -0.922. The minimum atomic E-state index is -0.940. The highest BCUT2D eigenvalue weighted by molar-refractivity contribution is 7.12. The highest BCUT2D eigenvalue weighted by atomic mass is 32.1. The highest BCUT2D eigenvalue weighted by Crippen LogP contribution is 2.24. The fourth-order valence-electron chi connectivity index (χ4n) is 2.86. The Morgan fingerprint density at radius 1 is 1.07 bits per heavy atom. The maximum Gasteiger partial charge on any atom is 0.307 e. The van der Waals surface area contributed by atoms with Gasteiger partial charge in [-0.15, -0.1) is 11.3 Å². The summed E-state index contributed by atoms with van der Waals surface area (Å²) < 4.78 is 5.18. The molecule has 0 saturated carbocycles. The Balaban J connectivity index is 1.83. The summed E-state index contributed by atoms with van der Waals surface area (Å²) in [5.74, 6) is -1.05. The summed E-state index contributed by atoms with van der Waals surface area (Å²) in [5.41, 5.74) is 2.49. The Hall–Kier alpha value is -2.47. The molecule has 2 aromatic rings. The molecule has 0 aliphatic rings. The third-order valence-electron chi connectivity index (χ3n) is 4.59. The van der Waals surface area contributed by atoms with Crippen LogP contribution in [0.3, 0.4) is 0 Å². The second kappa shape index (κ2) is 9.35. The van der Waals surface area contributed by atoms with Gasteiger partial charge in [-0.3, -0.25) is 14.4 Å². The first-order valence-electron chi connectivity index (χ1n) is 9.68.